The quantitative estimate of drug-likeness (QED) is 0.501. The third-order valence-corrected chi connectivity index (χ3v) is 5.39. The molecule has 0 amide bonds. The number of fused-ring (bicyclic) bond motifs is 1. The Morgan fingerprint density at radius 1 is 1.11 bits per heavy atom. The van der Waals surface area contributed by atoms with Crippen molar-refractivity contribution < 1.29 is 12.8 Å². The number of nitrogens with zero attached hydrogens (tertiary/aromatic N) is 3. The second-order valence-electron chi connectivity index (χ2n) is 6.28. The molecule has 2 heterocycles. The van der Waals surface area contributed by atoms with Crippen LogP contribution in [-0.4, -0.2) is 23.0 Å². The molecule has 142 valence electrons. The summed E-state index contributed by atoms with van der Waals surface area (Å²) in [5, 5.41) is 5.22. The minimum absolute atomic E-state index is 0.132. The van der Waals surface area contributed by atoms with Gasteiger partial charge in [-0.05, 0) is 54.1 Å². The average Bonchev–Trinajstić information content (AvgIpc) is 3.03. The smallest absolute Gasteiger partial charge is 0.213 e. The molecule has 0 aliphatic rings. The van der Waals surface area contributed by atoms with Crippen LogP contribution in [0.4, 0.5) is 4.39 Å². The van der Waals surface area contributed by atoms with Crippen LogP contribution >= 0.6 is 15.9 Å². The van der Waals surface area contributed by atoms with Gasteiger partial charge < -0.3 is 0 Å². The fourth-order valence-electron chi connectivity index (χ4n) is 3.06. The van der Waals surface area contributed by atoms with E-state index in [0.29, 0.717) is 16.8 Å². The Morgan fingerprint density at radius 3 is 2.68 bits per heavy atom. The van der Waals surface area contributed by atoms with Crippen molar-refractivity contribution in [3.63, 3.8) is 0 Å². The molecule has 0 aliphatic heterocycles. The van der Waals surface area contributed by atoms with Crippen molar-refractivity contribution in [1.82, 2.24) is 14.5 Å². The molecule has 2 N–H and O–H groups in total. The number of aromatic nitrogens is 3. The van der Waals surface area contributed by atoms with Gasteiger partial charge >= 0.3 is 0 Å². The van der Waals surface area contributed by atoms with Crippen LogP contribution in [0.25, 0.3) is 28.0 Å². The lowest BCUT2D eigenvalue weighted by Gasteiger charge is -2.11. The highest BCUT2D eigenvalue weighted by atomic mass is 79.9. The van der Waals surface area contributed by atoms with E-state index < -0.39 is 15.8 Å². The van der Waals surface area contributed by atoms with Crippen molar-refractivity contribution in [3.05, 3.63) is 76.9 Å². The Kier molecular flexibility index (Phi) is 4.74. The van der Waals surface area contributed by atoms with Crippen molar-refractivity contribution in [2.24, 2.45) is 5.14 Å². The average molecular weight is 461 g/mol. The number of primary sulfonamides is 1. The van der Waals surface area contributed by atoms with Gasteiger partial charge in [0.1, 0.15) is 17.8 Å². The maximum atomic E-state index is 14.3. The molecule has 0 radical (unpaired) electrons. The van der Waals surface area contributed by atoms with Gasteiger partial charge in [0.15, 0.2) is 0 Å². The minimum Gasteiger partial charge on any atom is -0.299 e. The molecular weight excluding hydrogens is 447 g/mol. The number of hydrogen-bond acceptors (Lipinski definition) is 4. The fraction of sp³-hybridized carbons (Fsp3) is 0.0526. The molecule has 0 fully saturated rings. The SMILES string of the molecule is NS(=O)(=O)Cc1cc(-c2ncccc2F)cc(-n2cnc3cc(Br)ccc32)c1. The zero-order valence-corrected chi connectivity index (χ0v) is 16.8. The molecule has 0 bridgehead atoms. The third kappa shape index (κ3) is 3.82. The maximum absolute atomic E-state index is 14.3. The summed E-state index contributed by atoms with van der Waals surface area (Å²) in [6, 6.07) is 13.5. The lowest BCUT2D eigenvalue weighted by Crippen LogP contribution is -2.14. The summed E-state index contributed by atoms with van der Waals surface area (Å²) in [5.74, 6) is -0.874. The van der Waals surface area contributed by atoms with Gasteiger partial charge in [-0.25, -0.2) is 22.9 Å². The molecule has 9 heteroatoms. The van der Waals surface area contributed by atoms with Crippen LogP contribution in [0.1, 0.15) is 5.56 Å². The van der Waals surface area contributed by atoms with E-state index in [1.165, 1.54) is 18.3 Å². The fourth-order valence-corrected chi connectivity index (χ4v) is 4.04. The number of imidazole rings is 1. The number of sulfonamides is 1. The molecular formula is C19H14BrFN4O2S. The second-order valence-corrected chi connectivity index (χ2v) is 8.81. The number of hydrogen-bond donors (Lipinski definition) is 1. The number of benzene rings is 2. The van der Waals surface area contributed by atoms with Gasteiger partial charge in [0.2, 0.25) is 10.0 Å². The van der Waals surface area contributed by atoms with E-state index in [1.807, 2.05) is 18.2 Å². The molecule has 0 saturated carbocycles. The van der Waals surface area contributed by atoms with E-state index in [2.05, 4.69) is 25.9 Å². The van der Waals surface area contributed by atoms with E-state index in [-0.39, 0.29) is 11.4 Å². The molecule has 28 heavy (non-hydrogen) atoms. The molecule has 0 spiro atoms. The lowest BCUT2D eigenvalue weighted by molar-refractivity contribution is 0.597. The Morgan fingerprint density at radius 2 is 1.93 bits per heavy atom. The molecule has 4 rings (SSSR count). The lowest BCUT2D eigenvalue weighted by atomic mass is 10.1. The first-order valence-corrected chi connectivity index (χ1v) is 10.7. The predicted molar refractivity (Wildman–Crippen MR) is 109 cm³/mol. The summed E-state index contributed by atoms with van der Waals surface area (Å²) in [5.41, 5.74) is 3.23. The molecule has 0 saturated heterocycles. The van der Waals surface area contributed by atoms with Crippen LogP contribution in [0.15, 0.2) is 65.5 Å². The summed E-state index contributed by atoms with van der Waals surface area (Å²) in [4.78, 5) is 8.48. The van der Waals surface area contributed by atoms with Gasteiger partial charge in [0.25, 0.3) is 0 Å². The predicted octanol–water partition coefficient (Wildman–Crippen LogP) is 3.78. The Labute approximate surface area is 169 Å². The normalized spacial score (nSPS) is 11.8. The monoisotopic (exact) mass is 460 g/mol. The molecule has 0 unspecified atom stereocenters. The van der Waals surface area contributed by atoms with Crippen molar-refractivity contribution in [2.75, 3.05) is 0 Å². The molecule has 4 aromatic rings. The van der Waals surface area contributed by atoms with Gasteiger partial charge in [-0.15, -0.1) is 0 Å². The first-order valence-electron chi connectivity index (χ1n) is 8.18. The zero-order valence-electron chi connectivity index (χ0n) is 14.4. The zero-order chi connectivity index (χ0) is 19.9. The van der Waals surface area contributed by atoms with Crippen molar-refractivity contribution in [1.29, 1.82) is 0 Å². The molecule has 0 aliphatic carbocycles. The topological polar surface area (TPSA) is 90.9 Å². The minimum atomic E-state index is -3.77. The summed E-state index contributed by atoms with van der Waals surface area (Å²) in [7, 11) is -3.77. The molecule has 0 atom stereocenters. The van der Waals surface area contributed by atoms with Crippen LogP contribution in [-0.2, 0) is 15.8 Å². The van der Waals surface area contributed by atoms with E-state index in [9.17, 15) is 12.8 Å². The number of pyridine rings is 1. The van der Waals surface area contributed by atoms with Gasteiger partial charge in [-0.2, -0.15) is 0 Å². The van der Waals surface area contributed by atoms with E-state index in [0.717, 1.165) is 15.5 Å². The molecule has 2 aromatic heterocycles. The van der Waals surface area contributed by atoms with E-state index >= 15 is 0 Å². The van der Waals surface area contributed by atoms with Gasteiger partial charge in [-0.3, -0.25) is 9.55 Å². The van der Waals surface area contributed by atoms with E-state index in [1.54, 1.807) is 29.1 Å². The largest absolute Gasteiger partial charge is 0.299 e. The standard InChI is InChI=1S/C19H14BrFN4O2S/c20-14-3-4-18-17(9-14)24-11-25(18)15-7-12(10-28(22,26)27)6-13(8-15)19-16(21)2-1-5-23-19/h1-9,11H,10H2,(H2,22,26,27). The summed E-state index contributed by atoms with van der Waals surface area (Å²) >= 11 is 3.41. The number of nitrogens with two attached hydrogens (primary N) is 1. The summed E-state index contributed by atoms with van der Waals surface area (Å²) < 4.78 is 40.2. The maximum Gasteiger partial charge on any atom is 0.213 e. The van der Waals surface area contributed by atoms with Crippen molar-refractivity contribution >= 4 is 37.0 Å². The summed E-state index contributed by atoms with van der Waals surface area (Å²) in [6.07, 6.45) is 3.11. The highest BCUT2D eigenvalue weighted by molar-refractivity contribution is 9.10. The van der Waals surface area contributed by atoms with Crippen LogP contribution in [0.3, 0.4) is 0 Å². The summed E-state index contributed by atoms with van der Waals surface area (Å²) in [6.45, 7) is 0. The van der Waals surface area contributed by atoms with Gasteiger partial charge in [0.05, 0.1) is 16.8 Å². The highest BCUT2D eigenvalue weighted by Gasteiger charge is 2.14. The molecule has 6 nitrogen and oxygen atoms in total. The Hall–Kier alpha value is -2.62. The highest BCUT2D eigenvalue weighted by Crippen LogP contribution is 2.28. The van der Waals surface area contributed by atoms with Crippen molar-refractivity contribution in [2.45, 2.75) is 5.75 Å². The van der Waals surface area contributed by atoms with Crippen LogP contribution in [0, 0.1) is 5.82 Å². The number of rotatable bonds is 4. The molecule has 2 aromatic carbocycles. The van der Waals surface area contributed by atoms with E-state index in [4.69, 9.17) is 5.14 Å². The first-order chi connectivity index (χ1) is 13.3. The van der Waals surface area contributed by atoms with Crippen LogP contribution in [0.5, 0.6) is 0 Å². The first kappa shape index (κ1) is 18.7. The Bertz CT molecular complexity index is 1300. The van der Waals surface area contributed by atoms with Gasteiger partial charge in [-0.1, -0.05) is 15.9 Å². The van der Waals surface area contributed by atoms with Gasteiger partial charge in [0, 0.05) is 21.9 Å². The third-order valence-electron chi connectivity index (χ3n) is 4.16. The van der Waals surface area contributed by atoms with Crippen LogP contribution < -0.4 is 5.14 Å². The second kappa shape index (κ2) is 7.08. The number of halogens is 2. The van der Waals surface area contributed by atoms with Crippen molar-refractivity contribution in [3.8, 4) is 16.9 Å². The van der Waals surface area contributed by atoms with Crippen LogP contribution in [0.2, 0.25) is 0 Å². The Balaban J connectivity index is 1.94.